The van der Waals surface area contributed by atoms with E-state index < -0.39 is 10.0 Å². The Kier molecular flexibility index (Phi) is 6.39. The molecule has 1 aliphatic rings. The average molecular weight is 420 g/mol. The van der Waals surface area contributed by atoms with Gasteiger partial charge in [-0.25, -0.2) is 8.42 Å². The van der Waals surface area contributed by atoms with E-state index in [0.29, 0.717) is 41.5 Å². The predicted octanol–water partition coefficient (Wildman–Crippen LogP) is 3.30. The summed E-state index contributed by atoms with van der Waals surface area (Å²) in [4.78, 5) is 11.5. The number of sulfonamides is 1. The fourth-order valence-corrected chi connectivity index (χ4v) is 4.95. The molecule has 0 spiro atoms. The van der Waals surface area contributed by atoms with Gasteiger partial charge >= 0.3 is 0 Å². The Labute approximate surface area is 170 Å². The van der Waals surface area contributed by atoms with E-state index in [9.17, 15) is 13.2 Å². The number of rotatable bonds is 6. The molecule has 1 N–H and O–H groups in total. The highest BCUT2D eigenvalue weighted by molar-refractivity contribution is 7.89. The van der Waals surface area contributed by atoms with E-state index in [1.54, 1.807) is 37.3 Å². The van der Waals surface area contributed by atoms with E-state index in [1.807, 2.05) is 0 Å². The molecule has 0 aliphatic carbocycles. The van der Waals surface area contributed by atoms with Crippen LogP contribution in [0, 0.1) is 6.92 Å². The van der Waals surface area contributed by atoms with Crippen molar-refractivity contribution in [1.29, 1.82) is 0 Å². The van der Waals surface area contributed by atoms with Gasteiger partial charge in [-0.2, -0.15) is 4.31 Å². The topological polar surface area (TPSA) is 102 Å². The monoisotopic (exact) mass is 419 g/mol. The van der Waals surface area contributed by atoms with Crippen LogP contribution in [-0.4, -0.2) is 44.0 Å². The van der Waals surface area contributed by atoms with E-state index in [2.05, 4.69) is 10.5 Å². The van der Waals surface area contributed by atoms with Gasteiger partial charge in [0.25, 0.3) is 0 Å². The van der Waals surface area contributed by atoms with Crippen molar-refractivity contribution in [3.8, 4) is 5.75 Å². The van der Waals surface area contributed by atoms with Crippen LogP contribution < -0.4 is 10.1 Å². The molecule has 2 heterocycles. The highest BCUT2D eigenvalue weighted by Crippen LogP contribution is 2.30. The molecule has 8 nitrogen and oxygen atoms in total. The standard InChI is InChI=1S/C20H25N3O5S/c1-14-20(21-15(2)24)18(28-22-14)10-8-16-7-9-17(27-3)19(13-16)29(25,26)23-11-5-4-6-12-23/h7-10,13H,4-6,11-12H2,1-3H3,(H,21,24). The van der Waals surface area contributed by atoms with Gasteiger partial charge < -0.3 is 14.6 Å². The first-order valence-electron chi connectivity index (χ1n) is 9.43. The molecule has 29 heavy (non-hydrogen) atoms. The quantitative estimate of drug-likeness (QED) is 0.771. The predicted molar refractivity (Wildman–Crippen MR) is 110 cm³/mol. The maximum atomic E-state index is 13.1. The van der Waals surface area contributed by atoms with Crippen molar-refractivity contribution in [2.45, 2.75) is 38.0 Å². The van der Waals surface area contributed by atoms with Crippen molar-refractivity contribution in [3.05, 3.63) is 35.2 Å². The minimum atomic E-state index is -3.65. The van der Waals surface area contributed by atoms with Crippen LogP contribution in [0.5, 0.6) is 5.75 Å². The fraction of sp³-hybridized carbons (Fsp3) is 0.400. The van der Waals surface area contributed by atoms with Gasteiger partial charge in [-0.15, -0.1) is 0 Å². The van der Waals surface area contributed by atoms with Crippen LogP contribution in [0.3, 0.4) is 0 Å². The summed E-state index contributed by atoms with van der Waals surface area (Å²) < 4.78 is 38.3. The lowest BCUT2D eigenvalue weighted by atomic mass is 10.2. The first kappa shape index (κ1) is 21.1. The molecular weight excluding hydrogens is 394 g/mol. The lowest BCUT2D eigenvalue weighted by molar-refractivity contribution is -0.114. The van der Waals surface area contributed by atoms with Crippen molar-refractivity contribution >= 4 is 33.8 Å². The summed E-state index contributed by atoms with van der Waals surface area (Å²) in [5.74, 6) is 0.460. The zero-order valence-corrected chi connectivity index (χ0v) is 17.6. The largest absolute Gasteiger partial charge is 0.495 e. The summed E-state index contributed by atoms with van der Waals surface area (Å²) in [7, 11) is -2.19. The van der Waals surface area contributed by atoms with Crippen LogP contribution in [0.25, 0.3) is 12.2 Å². The van der Waals surface area contributed by atoms with Crippen LogP contribution in [0.15, 0.2) is 27.6 Å². The number of aryl methyl sites for hydroxylation is 1. The molecule has 156 valence electrons. The molecule has 1 aromatic carbocycles. The number of hydrogen-bond acceptors (Lipinski definition) is 6. The summed E-state index contributed by atoms with van der Waals surface area (Å²) >= 11 is 0. The lowest BCUT2D eigenvalue weighted by Gasteiger charge is -2.26. The zero-order chi connectivity index (χ0) is 21.0. The summed E-state index contributed by atoms with van der Waals surface area (Å²) in [6.07, 6.45) is 6.11. The number of anilines is 1. The van der Waals surface area contributed by atoms with Crippen molar-refractivity contribution in [2.24, 2.45) is 0 Å². The van der Waals surface area contributed by atoms with Crippen molar-refractivity contribution in [2.75, 3.05) is 25.5 Å². The Balaban J connectivity index is 1.93. The third-order valence-corrected chi connectivity index (χ3v) is 6.66. The number of methoxy groups -OCH3 is 1. The van der Waals surface area contributed by atoms with Gasteiger partial charge in [-0.1, -0.05) is 23.7 Å². The Morgan fingerprint density at radius 1 is 1.24 bits per heavy atom. The summed E-state index contributed by atoms with van der Waals surface area (Å²) in [5.41, 5.74) is 1.70. The van der Waals surface area contributed by atoms with Gasteiger partial charge in [0, 0.05) is 20.0 Å². The van der Waals surface area contributed by atoms with Crippen molar-refractivity contribution in [1.82, 2.24) is 9.46 Å². The Morgan fingerprint density at radius 2 is 1.97 bits per heavy atom. The number of amides is 1. The number of carbonyl (C=O) groups is 1. The molecule has 2 aromatic rings. The molecule has 1 amide bonds. The number of aromatic nitrogens is 1. The van der Waals surface area contributed by atoms with Gasteiger partial charge in [0.1, 0.15) is 22.0 Å². The molecule has 0 saturated carbocycles. The molecule has 0 atom stereocenters. The molecule has 9 heteroatoms. The van der Waals surface area contributed by atoms with Crippen LogP contribution in [0.2, 0.25) is 0 Å². The van der Waals surface area contributed by atoms with Gasteiger partial charge in [0.15, 0.2) is 5.76 Å². The maximum absolute atomic E-state index is 13.1. The minimum absolute atomic E-state index is 0.139. The Hall–Kier alpha value is -2.65. The fourth-order valence-electron chi connectivity index (χ4n) is 3.24. The van der Waals surface area contributed by atoms with Crippen molar-refractivity contribution < 1.29 is 22.5 Å². The highest BCUT2D eigenvalue weighted by atomic mass is 32.2. The summed E-state index contributed by atoms with van der Waals surface area (Å²) in [6.45, 7) is 4.16. The highest BCUT2D eigenvalue weighted by Gasteiger charge is 2.29. The number of nitrogens with one attached hydrogen (secondary N) is 1. The molecule has 1 fully saturated rings. The number of hydrogen-bond donors (Lipinski definition) is 1. The molecule has 1 aliphatic heterocycles. The zero-order valence-electron chi connectivity index (χ0n) is 16.8. The third-order valence-electron chi connectivity index (χ3n) is 4.74. The van der Waals surface area contributed by atoms with Gasteiger partial charge in [0.05, 0.1) is 7.11 Å². The number of ether oxygens (including phenoxy) is 1. The summed E-state index contributed by atoms with van der Waals surface area (Å²) in [6, 6.07) is 4.98. The molecule has 0 bridgehead atoms. The van der Waals surface area contributed by atoms with Crippen LogP contribution in [0.4, 0.5) is 5.69 Å². The number of benzene rings is 1. The van der Waals surface area contributed by atoms with E-state index >= 15 is 0 Å². The molecule has 0 radical (unpaired) electrons. The third kappa shape index (κ3) is 4.68. The van der Waals surface area contributed by atoms with E-state index in [1.165, 1.54) is 18.3 Å². The normalized spacial score (nSPS) is 15.6. The van der Waals surface area contributed by atoms with Gasteiger partial charge in [-0.3, -0.25) is 4.79 Å². The first-order valence-corrected chi connectivity index (χ1v) is 10.9. The molecular formula is C20H25N3O5S. The average Bonchev–Trinajstić information content (AvgIpc) is 3.05. The molecule has 3 rings (SSSR count). The number of nitrogens with zero attached hydrogens (tertiary/aromatic N) is 2. The van der Waals surface area contributed by atoms with Crippen molar-refractivity contribution in [3.63, 3.8) is 0 Å². The molecule has 1 aromatic heterocycles. The van der Waals surface area contributed by atoms with Crippen LogP contribution in [-0.2, 0) is 14.8 Å². The van der Waals surface area contributed by atoms with E-state index in [-0.39, 0.29) is 10.8 Å². The smallest absolute Gasteiger partial charge is 0.246 e. The SMILES string of the molecule is COc1ccc(C=Cc2onc(C)c2NC(C)=O)cc1S(=O)(=O)N1CCCCC1. The van der Waals surface area contributed by atoms with E-state index in [0.717, 1.165) is 19.3 Å². The second-order valence-electron chi connectivity index (χ2n) is 6.90. The maximum Gasteiger partial charge on any atom is 0.246 e. The van der Waals surface area contributed by atoms with Crippen LogP contribution in [0.1, 0.15) is 43.2 Å². The second kappa shape index (κ2) is 8.79. The Morgan fingerprint density at radius 3 is 2.62 bits per heavy atom. The van der Waals surface area contributed by atoms with Gasteiger partial charge in [0.2, 0.25) is 15.9 Å². The second-order valence-corrected chi connectivity index (χ2v) is 8.80. The Bertz CT molecular complexity index is 1020. The number of carbonyl (C=O) groups excluding carboxylic acids is 1. The molecule has 0 unspecified atom stereocenters. The van der Waals surface area contributed by atoms with Crippen LogP contribution >= 0.6 is 0 Å². The van der Waals surface area contributed by atoms with Gasteiger partial charge in [-0.05, 0) is 43.5 Å². The molecule has 1 saturated heterocycles. The number of piperidine rings is 1. The lowest BCUT2D eigenvalue weighted by Crippen LogP contribution is -2.35. The summed E-state index contributed by atoms with van der Waals surface area (Å²) in [5, 5.41) is 6.55. The first-order chi connectivity index (χ1) is 13.8. The van der Waals surface area contributed by atoms with E-state index in [4.69, 9.17) is 9.26 Å². The minimum Gasteiger partial charge on any atom is -0.495 e.